The second kappa shape index (κ2) is 8.01. The van der Waals surface area contributed by atoms with Gasteiger partial charge in [0.2, 0.25) is 5.91 Å². The van der Waals surface area contributed by atoms with Crippen molar-refractivity contribution >= 4 is 29.1 Å². The summed E-state index contributed by atoms with van der Waals surface area (Å²) in [6, 6.07) is 7.21. The van der Waals surface area contributed by atoms with Gasteiger partial charge in [0.1, 0.15) is 5.54 Å². The van der Waals surface area contributed by atoms with Crippen LogP contribution in [-0.4, -0.2) is 29.4 Å². The second-order valence-electron chi connectivity index (χ2n) is 6.26. The number of hydrogen-bond donors (Lipinski definition) is 1. The van der Waals surface area contributed by atoms with Crippen LogP contribution in [-0.2, 0) is 11.3 Å². The molecule has 0 aliphatic rings. The van der Waals surface area contributed by atoms with Crippen LogP contribution in [0, 0.1) is 17.2 Å². The Morgan fingerprint density at radius 2 is 2.00 bits per heavy atom. The lowest BCUT2D eigenvalue weighted by molar-refractivity contribution is -0.127. The van der Waals surface area contributed by atoms with Crippen molar-refractivity contribution in [3.8, 4) is 6.07 Å². The molecule has 0 aliphatic heterocycles. The van der Waals surface area contributed by atoms with Crippen LogP contribution in [0.25, 0.3) is 0 Å². The maximum Gasteiger partial charge on any atom is 0.238 e. The lowest BCUT2D eigenvalue weighted by atomic mass is 9.90. The fourth-order valence-corrected chi connectivity index (χ4v) is 2.32. The number of nitriles is 1. The van der Waals surface area contributed by atoms with Gasteiger partial charge in [-0.1, -0.05) is 49.2 Å². The number of halogens is 2. The summed E-state index contributed by atoms with van der Waals surface area (Å²) in [4.78, 5) is 14.3. The molecule has 0 unspecified atom stereocenters. The number of carbonyl (C=O) groups is 1. The van der Waals surface area contributed by atoms with Gasteiger partial charge in [-0.2, -0.15) is 5.26 Å². The summed E-state index contributed by atoms with van der Waals surface area (Å²) in [5.74, 6) is -0.181. The molecular formula is C17H23Cl2N3O. The largest absolute Gasteiger partial charge is 0.336 e. The number of likely N-dealkylation sites (N-methyl/N-ethyl adjacent to an activating group) is 1. The number of rotatable bonds is 6. The summed E-state index contributed by atoms with van der Waals surface area (Å²) in [7, 11) is 1.83. The van der Waals surface area contributed by atoms with Crippen molar-refractivity contribution in [2.75, 3.05) is 7.05 Å². The summed E-state index contributed by atoms with van der Waals surface area (Å²) in [5.41, 5.74) is -0.0342. The number of benzene rings is 1. The molecule has 0 saturated carbocycles. The minimum Gasteiger partial charge on any atom is -0.336 e. The number of nitrogens with zero attached hydrogens (tertiary/aromatic N) is 2. The molecule has 2 atom stereocenters. The quantitative estimate of drug-likeness (QED) is 0.842. The molecule has 4 nitrogen and oxygen atoms in total. The first-order valence-corrected chi connectivity index (χ1v) is 8.24. The molecule has 0 radical (unpaired) electrons. The van der Waals surface area contributed by atoms with Gasteiger partial charge in [0.05, 0.1) is 22.2 Å². The van der Waals surface area contributed by atoms with E-state index in [1.807, 2.05) is 37.9 Å². The summed E-state index contributed by atoms with van der Waals surface area (Å²) >= 11 is 12.2. The van der Waals surface area contributed by atoms with Gasteiger partial charge in [-0.3, -0.25) is 9.69 Å². The van der Waals surface area contributed by atoms with Gasteiger partial charge in [0.15, 0.2) is 0 Å². The summed E-state index contributed by atoms with van der Waals surface area (Å²) < 4.78 is 0. The molecule has 0 aromatic heterocycles. The molecule has 1 rings (SSSR count). The standard InChI is InChI=1S/C17H23Cl2N3O/c1-11(2)17(4,10-20)21-16(23)12(3)22(5)9-13-7-6-8-14(18)15(13)19/h6-8,11-12H,9H2,1-5H3,(H,21,23)/t12-,17-/m0/s1. The number of carbonyl (C=O) groups excluding carboxylic acids is 1. The first kappa shape index (κ1) is 19.8. The minimum atomic E-state index is -0.889. The molecular weight excluding hydrogens is 333 g/mol. The van der Waals surface area contributed by atoms with E-state index < -0.39 is 11.6 Å². The molecule has 1 amide bonds. The Balaban J connectivity index is 2.80. The van der Waals surface area contributed by atoms with Gasteiger partial charge in [-0.15, -0.1) is 0 Å². The van der Waals surface area contributed by atoms with E-state index in [9.17, 15) is 10.1 Å². The summed E-state index contributed by atoms with van der Waals surface area (Å²) in [6.07, 6.45) is 0. The molecule has 0 saturated heterocycles. The minimum absolute atomic E-state index is 0.0105. The molecule has 23 heavy (non-hydrogen) atoms. The molecule has 0 bridgehead atoms. The zero-order chi connectivity index (χ0) is 17.8. The highest BCUT2D eigenvalue weighted by Gasteiger charge is 2.32. The van der Waals surface area contributed by atoms with E-state index in [1.54, 1.807) is 19.9 Å². The van der Waals surface area contributed by atoms with Crippen molar-refractivity contribution in [3.63, 3.8) is 0 Å². The van der Waals surface area contributed by atoms with Crippen LogP contribution in [0.2, 0.25) is 10.0 Å². The highest BCUT2D eigenvalue weighted by molar-refractivity contribution is 6.42. The highest BCUT2D eigenvalue weighted by atomic mass is 35.5. The van der Waals surface area contributed by atoms with Gasteiger partial charge < -0.3 is 5.32 Å². The van der Waals surface area contributed by atoms with E-state index in [2.05, 4.69) is 11.4 Å². The van der Waals surface area contributed by atoms with Crippen LogP contribution >= 0.6 is 23.2 Å². The highest BCUT2D eigenvalue weighted by Crippen LogP contribution is 2.26. The molecule has 6 heteroatoms. The smallest absolute Gasteiger partial charge is 0.238 e. The van der Waals surface area contributed by atoms with Gasteiger partial charge in [-0.25, -0.2) is 0 Å². The zero-order valence-corrected chi connectivity index (χ0v) is 15.7. The monoisotopic (exact) mass is 355 g/mol. The SMILES string of the molecule is CC(C)[C@](C)(C#N)NC(=O)[C@H](C)N(C)Cc1cccc(Cl)c1Cl. The number of amides is 1. The lowest BCUT2D eigenvalue weighted by Crippen LogP contribution is -2.54. The summed E-state index contributed by atoms with van der Waals surface area (Å²) in [5, 5.41) is 13.1. The maximum atomic E-state index is 12.4. The Labute approximate surface area is 148 Å². The van der Waals surface area contributed by atoms with Crippen LogP contribution < -0.4 is 5.32 Å². The normalized spacial score (nSPS) is 15.1. The molecule has 1 aromatic rings. The Kier molecular flexibility index (Phi) is 6.88. The molecule has 1 N–H and O–H groups in total. The van der Waals surface area contributed by atoms with Crippen LogP contribution in [0.15, 0.2) is 18.2 Å². The third kappa shape index (κ3) is 4.84. The van der Waals surface area contributed by atoms with Gasteiger partial charge in [0.25, 0.3) is 0 Å². The number of nitrogens with one attached hydrogen (secondary N) is 1. The third-order valence-electron chi connectivity index (χ3n) is 4.26. The van der Waals surface area contributed by atoms with Crippen molar-refractivity contribution in [2.24, 2.45) is 5.92 Å². The van der Waals surface area contributed by atoms with E-state index in [0.717, 1.165) is 5.56 Å². The van der Waals surface area contributed by atoms with Gasteiger partial charge >= 0.3 is 0 Å². The van der Waals surface area contributed by atoms with Crippen LogP contribution in [0.4, 0.5) is 0 Å². The molecule has 126 valence electrons. The van der Waals surface area contributed by atoms with Crippen LogP contribution in [0.1, 0.15) is 33.3 Å². The summed E-state index contributed by atoms with van der Waals surface area (Å²) in [6.45, 7) is 7.83. The fraction of sp³-hybridized carbons (Fsp3) is 0.529. The van der Waals surface area contributed by atoms with Crippen molar-refractivity contribution in [1.29, 1.82) is 5.26 Å². The molecule has 1 aromatic carbocycles. The van der Waals surface area contributed by atoms with Crippen LogP contribution in [0.5, 0.6) is 0 Å². The zero-order valence-electron chi connectivity index (χ0n) is 14.2. The van der Waals surface area contributed by atoms with Crippen molar-refractivity contribution in [2.45, 2.75) is 45.8 Å². The molecule has 0 spiro atoms. The topological polar surface area (TPSA) is 56.1 Å². The predicted molar refractivity (Wildman–Crippen MR) is 94.4 cm³/mol. The maximum absolute atomic E-state index is 12.4. The van der Waals surface area contributed by atoms with E-state index in [4.69, 9.17) is 23.2 Å². The Morgan fingerprint density at radius 1 is 1.39 bits per heavy atom. The number of hydrogen-bond acceptors (Lipinski definition) is 3. The predicted octanol–water partition coefficient (Wildman–Crippen LogP) is 3.87. The van der Waals surface area contributed by atoms with E-state index in [-0.39, 0.29) is 11.8 Å². The van der Waals surface area contributed by atoms with Crippen molar-refractivity contribution in [1.82, 2.24) is 10.2 Å². The van der Waals surface area contributed by atoms with E-state index >= 15 is 0 Å². The first-order chi connectivity index (χ1) is 10.6. The lowest BCUT2D eigenvalue weighted by Gasteiger charge is -2.31. The average molecular weight is 356 g/mol. The average Bonchev–Trinajstić information content (AvgIpc) is 2.50. The Morgan fingerprint density at radius 3 is 2.52 bits per heavy atom. The van der Waals surface area contributed by atoms with Crippen LogP contribution in [0.3, 0.4) is 0 Å². The second-order valence-corrected chi connectivity index (χ2v) is 7.05. The fourth-order valence-electron chi connectivity index (χ4n) is 1.94. The molecule has 0 fully saturated rings. The molecule has 0 aliphatic carbocycles. The van der Waals surface area contributed by atoms with Crippen molar-refractivity contribution < 1.29 is 4.79 Å². The molecule has 0 heterocycles. The van der Waals surface area contributed by atoms with E-state index in [1.165, 1.54) is 0 Å². The third-order valence-corrected chi connectivity index (χ3v) is 5.12. The van der Waals surface area contributed by atoms with E-state index in [0.29, 0.717) is 16.6 Å². The van der Waals surface area contributed by atoms with Gasteiger partial charge in [0, 0.05) is 6.54 Å². The Bertz CT molecular complexity index is 612. The Hall–Kier alpha value is -1.28. The van der Waals surface area contributed by atoms with Gasteiger partial charge in [-0.05, 0) is 38.4 Å². The first-order valence-electron chi connectivity index (χ1n) is 7.48. The van der Waals surface area contributed by atoms with Crippen molar-refractivity contribution in [3.05, 3.63) is 33.8 Å².